The number of pyridine rings is 1. The summed E-state index contributed by atoms with van der Waals surface area (Å²) >= 11 is 1.33. The summed E-state index contributed by atoms with van der Waals surface area (Å²) < 4.78 is 1.66. The number of amides is 2. The van der Waals surface area contributed by atoms with E-state index in [1.807, 2.05) is 12.1 Å². The second-order valence-corrected chi connectivity index (χ2v) is 7.95. The van der Waals surface area contributed by atoms with Gasteiger partial charge in [-0.15, -0.1) is 0 Å². The molecule has 0 bridgehead atoms. The SMILES string of the molecule is O=C(CCCCCCNC(=O)c1ccc(Cn2sc3ncccc3c2=O)cc1)NO. The zero-order valence-corrected chi connectivity index (χ0v) is 17.3. The van der Waals surface area contributed by atoms with Gasteiger partial charge in [0.05, 0.1) is 11.9 Å². The van der Waals surface area contributed by atoms with Gasteiger partial charge in [0.2, 0.25) is 5.91 Å². The van der Waals surface area contributed by atoms with Crippen LogP contribution < -0.4 is 16.4 Å². The Morgan fingerprint density at radius 1 is 1.07 bits per heavy atom. The third-order valence-corrected chi connectivity index (χ3v) is 5.72. The molecule has 0 radical (unpaired) electrons. The number of hydroxylamine groups is 1. The van der Waals surface area contributed by atoms with Crippen LogP contribution in [0, 0.1) is 0 Å². The van der Waals surface area contributed by atoms with Crippen LogP contribution in [0.2, 0.25) is 0 Å². The van der Waals surface area contributed by atoms with Gasteiger partial charge in [-0.3, -0.25) is 23.5 Å². The third-order valence-electron chi connectivity index (χ3n) is 4.71. The summed E-state index contributed by atoms with van der Waals surface area (Å²) in [5, 5.41) is 11.9. The number of hydrogen-bond donors (Lipinski definition) is 3. The number of carbonyl (C=O) groups excluding carboxylic acids is 2. The van der Waals surface area contributed by atoms with E-state index in [1.54, 1.807) is 39.9 Å². The molecule has 158 valence electrons. The van der Waals surface area contributed by atoms with Gasteiger partial charge in [0.15, 0.2) is 0 Å². The quantitative estimate of drug-likeness (QED) is 0.261. The molecule has 0 fully saturated rings. The lowest BCUT2D eigenvalue weighted by atomic mass is 10.1. The van der Waals surface area contributed by atoms with Crippen LogP contribution in [0.5, 0.6) is 0 Å². The standard InChI is InChI=1S/C21H24N4O4S/c26-18(24-29)7-3-1-2-4-12-22-19(27)16-10-8-15(9-11-16)14-25-21(28)17-6-5-13-23-20(17)30-25/h5-6,8-11,13,29H,1-4,7,12,14H2,(H,22,27)(H,24,26). The molecule has 2 aromatic heterocycles. The molecule has 3 N–H and O–H groups in total. The van der Waals surface area contributed by atoms with Crippen LogP contribution in [0.25, 0.3) is 10.2 Å². The smallest absolute Gasteiger partial charge is 0.270 e. The predicted octanol–water partition coefficient (Wildman–Crippen LogP) is 2.69. The van der Waals surface area contributed by atoms with Gasteiger partial charge in [0.1, 0.15) is 4.83 Å². The van der Waals surface area contributed by atoms with Crippen molar-refractivity contribution in [3.63, 3.8) is 0 Å². The summed E-state index contributed by atoms with van der Waals surface area (Å²) in [4.78, 5) is 40.5. The first-order valence-corrected chi connectivity index (χ1v) is 10.6. The Balaban J connectivity index is 1.44. The molecule has 0 unspecified atom stereocenters. The van der Waals surface area contributed by atoms with E-state index in [-0.39, 0.29) is 17.4 Å². The lowest BCUT2D eigenvalue weighted by Crippen LogP contribution is -2.24. The van der Waals surface area contributed by atoms with Crippen molar-refractivity contribution in [2.24, 2.45) is 0 Å². The summed E-state index contributed by atoms with van der Waals surface area (Å²) in [5.41, 5.74) is 3.07. The minimum Gasteiger partial charge on any atom is -0.352 e. The van der Waals surface area contributed by atoms with E-state index in [4.69, 9.17) is 5.21 Å². The van der Waals surface area contributed by atoms with E-state index < -0.39 is 0 Å². The molecular formula is C21H24N4O4S. The fraction of sp³-hybridized carbons (Fsp3) is 0.333. The molecule has 9 heteroatoms. The zero-order valence-electron chi connectivity index (χ0n) is 16.5. The van der Waals surface area contributed by atoms with Gasteiger partial charge in [-0.2, -0.15) is 0 Å². The molecular weight excluding hydrogens is 404 g/mol. The van der Waals surface area contributed by atoms with E-state index in [0.29, 0.717) is 36.9 Å². The van der Waals surface area contributed by atoms with E-state index in [1.165, 1.54) is 11.5 Å². The van der Waals surface area contributed by atoms with Gasteiger partial charge in [-0.25, -0.2) is 10.5 Å². The maximum Gasteiger partial charge on any atom is 0.270 e. The highest BCUT2D eigenvalue weighted by molar-refractivity contribution is 7.13. The number of rotatable bonds is 10. The van der Waals surface area contributed by atoms with Gasteiger partial charge >= 0.3 is 0 Å². The topological polar surface area (TPSA) is 113 Å². The highest BCUT2D eigenvalue weighted by Gasteiger charge is 2.09. The fourth-order valence-corrected chi connectivity index (χ4v) is 4.03. The predicted molar refractivity (Wildman–Crippen MR) is 115 cm³/mol. The van der Waals surface area contributed by atoms with Crippen molar-refractivity contribution in [3.8, 4) is 0 Å². The second-order valence-electron chi connectivity index (χ2n) is 6.94. The van der Waals surface area contributed by atoms with Gasteiger partial charge < -0.3 is 5.32 Å². The van der Waals surface area contributed by atoms with Crippen molar-refractivity contribution in [1.82, 2.24) is 19.7 Å². The minimum atomic E-state index is -0.374. The van der Waals surface area contributed by atoms with E-state index in [0.717, 1.165) is 29.7 Å². The lowest BCUT2D eigenvalue weighted by Gasteiger charge is -2.07. The molecule has 3 rings (SSSR count). The number of carbonyl (C=O) groups is 2. The molecule has 2 amide bonds. The van der Waals surface area contributed by atoms with Crippen LogP contribution in [0.1, 0.15) is 48.0 Å². The largest absolute Gasteiger partial charge is 0.352 e. The Morgan fingerprint density at radius 3 is 2.57 bits per heavy atom. The first-order chi connectivity index (χ1) is 14.6. The van der Waals surface area contributed by atoms with Crippen molar-refractivity contribution < 1.29 is 14.8 Å². The number of nitrogens with one attached hydrogen (secondary N) is 2. The monoisotopic (exact) mass is 428 g/mol. The molecule has 30 heavy (non-hydrogen) atoms. The molecule has 0 atom stereocenters. The molecule has 0 aliphatic rings. The molecule has 0 saturated heterocycles. The van der Waals surface area contributed by atoms with Crippen molar-refractivity contribution >= 4 is 33.6 Å². The van der Waals surface area contributed by atoms with Gasteiger partial charge in [-0.1, -0.05) is 25.0 Å². The van der Waals surface area contributed by atoms with E-state index in [9.17, 15) is 14.4 Å². The maximum absolute atomic E-state index is 12.4. The summed E-state index contributed by atoms with van der Waals surface area (Å²) in [5.74, 6) is -0.509. The van der Waals surface area contributed by atoms with E-state index in [2.05, 4.69) is 10.3 Å². The number of unbranched alkanes of at least 4 members (excludes halogenated alkanes) is 3. The summed E-state index contributed by atoms with van der Waals surface area (Å²) in [7, 11) is 0. The number of benzene rings is 1. The average Bonchev–Trinajstić information content (AvgIpc) is 3.08. The fourth-order valence-electron chi connectivity index (χ4n) is 3.06. The normalized spacial score (nSPS) is 10.8. The Bertz CT molecular complexity index is 1060. The van der Waals surface area contributed by atoms with Crippen LogP contribution >= 0.6 is 11.5 Å². The molecule has 0 spiro atoms. The Hall–Kier alpha value is -3.04. The van der Waals surface area contributed by atoms with Crippen LogP contribution in [-0.4, -0.2) is 32.5 Å². The van der Waals surface area contributed by atoms with Crippen molar-refractivity contribution in [2.45, 2.75) is 38.6 Å². The highest BCUT2D eigenvalue weighted by Crippen LogP contribution is 2.15. The Labute approximate surface area is 177 Å². The highest BCUT2D eigenvalue weighted by atomic mass is 32.1. The van der Waals surface area contributed by atoms with Gasteiger partial charge in [0.25, 0.3) is 11.5 Å². The Morgan fingerprint density at radius 2 is 1.83 bits per heavy atom. The summed E-state index contributed by atoms with van der Waals surface area (Å²) in [6.45, 7) is 1.01. The summed E-state index contributed by atoms with van der Waals surface area (Å²) in [6.07, 6.45) is 5.28. The number of fused-ring (bicyclic) bond motifs is 1. The number of hydrogen-bond acceptors (Lipinski definition) is 6. The number of nitrogens with zero attached hydrogens (tertiary/aromatic N) is 2. The molecule has 1 aromatic carbocycles. The summed E-state index contributed by atoms with van der Waals surface area (Å²) in [6, 6.07) is 10.8. The molecule has 0 aliphatic heterocycles. The van der Waals surface area contributed by atoms with Crippen LogP contribution in [0.15, 0.2) is 47.4 Å². The molecule has 0 saturated carbocycles. The van der Waals surface area contributed by atoms with Crippen molar-refractivity contribution in [3.05, 3.63) is 64.1 Å². The Kier molecular flexibility index (Phi) is 7.69. The molecule has 3 aromatic rings. The lowest BCUT2D eigenvalue weighted by molar-refractivity contribution is -0.129. The van der Waals surface area contributed by atoms with Crippen molar-refractivity contribution in [2.75, 3.05) is 6.54 Å². The minimum absolute atomic E-state index is 0.0538. The first kappa shape index (κ1) is 21.7. The van der Waals surface area contributed by atoms with Crippen LogP contribution in [0.3, 0.4) is 0 Å². The number of aromatic nitrogens is 2. The van der Waals surface area contributed by atoms with Gasteiger partial charge in [-0.05, 0) is 54.2 Å². The molecule has 0 aliphatic carbocycles. The molecule has 2 heterocycles. The average molecular weight is 429 g/mol. The molecule has 8 nitrogen and oxygen atoms in total. The first-order valence-electron chi connectivity index (χ1n) is 9.83. The second kappa shape index (κ2) is 10.7. The van der Waals surface area contributed by atoms with Crippen molar-refractivity contribution in [1.29, 1.82) is 0 Å². The van der Waals surface area contributed by atoms with E-state index >= 15 is 0 Å². The van der Waals surface area contributed by atoms with Gasteiger partial charge in [0, 0.05) is 24.7 Å². The third kappa shape index (κ3) is 5.74. The zero-order chi connectivity index (χ0) is 21.3. The maximum atomic E-state index is 12.4. The van der Waals surface area contributed by atoms with Crippen LogP contribution in [-0.2, 0) is 11.3 Å². The van der Waals surface area contributed by atoms with Crippen LogP contribution in [0.4, 0.5) is 0 Å².